The van der Waals surface area contributed by atoms with E-state index < -0.39 is 5.97 Å². The van der Waals surface area contributed by atoms with Gasteiger partial charge in [-0.1, -0.05) is 72.8 Å². The molecular weight excluding hydrogens is 410 g/mol. The van der Waals surface area contributed by atoms with E-state index in [1.165, 1.54) is 16.3 Å². The van der Waals surface area contributed by atoms with Gasteiger partial charge in [0.25, 0.3) is 0 Å². The van der Waals surface area contributed by atoms with Crippen molar-refractivity contribution in [2.24, 2.45) is 0 Å². The molecule has 4 nitrogen and oxygen atoms in total. The molecule has 4 aromatic carbocycles. The average molecular weight is 438 g/mol. The molecule has 1 aliphatic heterocycles. The van der Waals surface area contributed by atoms with Crippen LogP contribution in [-0.4, -0.2) is 23.7 Å². The molecule has 1 heterocycles. The standard InChI is InChI=1S/C29H27NO3/c1-19(24-14-7-9-20-8-2-3-12-25(20)24)30-18-23-17-27(26-13-4-5-15-28(26)33-23)21-10-6-11-22(16-21)29(31)32/h2-16,19,23,27,30H,17-18H2,1H3,(H,31,32)/t19-,23+,27-/m1/s1. The maximum absolute atomic E-state index is 11.5. The number of ether oxygens (including phenoxy) is 1. The zero-order chi connectivity index (χ0) is 22.8. The Morgan fingerprint density at radius 1 is 1.00 bits per heavy atom. The van der Waals surface area contributed by atoms with Gasteiger partial charge in [0.15, 0.2) is 0 Å². The Morgan fingerprint density at radius 3 is 2.64 bits per heavy atom. The van der Waals surface area contributed by atoms with E-state index in [0.717, 1.165) is 23.3 Å². The molecule has 4 aromatic rings. The number of aromatic carboxylic acids is 1. The van der Waals surface area contributed by atoms with Crippen LogP contribution in [0, 0.1) is 0 Å². The summed E-state index contributed by atoms with van der Waals surface area (Å²) in [5, 5.41) is 15.6. The van der Waals surface area contributed by atoms with Crippen molar-refractivity contribution in [3.63, 3.8) is 0 Å². The molecule has 0 radical (unpaired) electrons. The first-order valence-corrected chi connectivity index (χ1v) is 11.4. The molecular formula is C29H27NO3. The highest BCUT2D eigenvalue weighted by atomic mass is 16.5. The molecule has 1 aliphatic rings. The Balaban J connectivity index is 1.37. The number of hydrogen-bond donors (Lipinski definition) is 2. The Labute approximate surface area is 193 Å². The lowest BCUT2D eigenvalue weighted by atomic mass is 9.83. The number of nitrogens with one attached hydrogen (secondary N) is 1. The topological polar surface area (TPSA) is 58.6 Å². The van der Waals surface area contributed by atoms with Crippen LogP contribution in [0.1, 0.15) is 52.4 Å². The Hall–Kier alpha value is -3.63. The van der Waals surface area contributed by atoms with Crippen molar-refractivity contribution in [1.82, 2.24) is 5.32 Å². The second-order valence-corrected chi connectivity index (χ2v) is 8.69. The van der Waals surface area contributed by atoms with Gasteiger partial charge in [0.2, 0.25) is 0 Å². The van der Waals surface area contributed by atoms with Crippen molar-refractivity contribution in [1.29, 1.82) is 0 Å². The minimum atomic E-state index is -0.903. The molecule has 0 bridgehead atoms. The zero-order valence-corrected chi connectivity index (χ0v) is 18.6. The van der Waals surface area contributed by atoms with Crippen LogP contribution in [-0.2, 0) is 0 Å². The molecule has 0 fully saturated rings. The molecule has 0 saturated heterocycles. The number of hydrogen-bond acceptors (Lipinski definition) is 3. The van der Waals surface area contributed by atoms with Gasteiger partial charge in [0.05, 0.1) is 5.56 Å². The third-order valence-corrected chi connectivity index (χ3v) is 6.56. The van der Waals surface area contributed by atoms with Gasteiger partial charge in [-0.3, -0.25) is 0 Å². The van der Waals surface area contributed by atoms with Crippen LogP contribution in [0.25, 0.3) is 10.8 Å². The van der Waals surface area contributed by atoms with E-state index >= 15 is 0 Å². The number of benzene rings is 4. The van der Waals surface area contributed by atoms with Crippen molar-refractivity contribution in [3.05, 3.63) is 113 Å². The van der Waals surface area contributed by atoms with Gasteiger partial charge in [-0.25, -0.2) is 4.79 Å². The number of carbonyl (C=O) groups is 1. The fraction of sp³-hybridized carbons (Fsp3) is 0.207. The van der Waals surface area contributed by atoms with E-state index in [1.807, 2.05) is 30.3 Å². The quantitative estimate of drug-likeness (QED) is 0.379. The summed E-state index contributed by atoms with van der Waals surface area (Å²) in [4.78, 5) is 11.5. The first-order chi connectivity index (χ1) is 16.1. The molecule has 33 heavy (non-hydrogen) atoms. The second kappa shape index (κ2) is 9.08. The van der Waals surface area contributed by atoms with Crippen molar-refractivity contribution in [2.45, 2.75) is 31.4 Å². The summed E-state index contributed by atoms with van der Waals surface area (Å²) in [5.41, 5.74) is 3.71. The molecule has 0 aliphatic carbocycles. The Morgan fingerprint density at radius 2 is 1.76 bits per heavy atom. The predicted molar refractivity (Wildman–Crippen MR) is 131 cm³/mol. The number of carboxylic acid groups (broad SMARTS) is 1. The minimum absolute atomic E-state index is 0.0178. The van der Waals surface area contributed by atoms with E-state index in [9.17, 15) is 9.90 Å². The van der Waals surface area contributed by atoms with Crippen LogP contribution < -0.4 is 10.1 Å². The van der Waals surface area contributed by atoms with Crippen LogP contribution in [0.5, 0.6) is 5.75 Å². The van der Waals surface area contributed by atoms with Gasteiger partial charge < -0.3 is 15.2 Å². The van der Waals surface area contributed by atoms with E-state index in [0.29, 0.717) is 12.1 Å². The van der Waals surface area contributed by atoms with Crippen molar-refractivity contribution in [3.8, 4) is 5.75 Å². The van der Waals surface area contributed by atoms with Crippen molar-refractivity contribution >= 4 is 16.7 Å². The smallest absolute Gasteiger partial charge is 0.335 e. The summed E-state index contributed by atoms with van der Waals surface area (Å²) in [6.07, 6.45) is 0.769. The Bertz CT molecular complexity index is 1290. The molecule has 0 unspecified atom stereocenters. The highest BCUT2D eigenvalue weighted by Crippen LogP contribution is 2.40. The number of carboxylic acids is 1. The lowest BCUT2D eigenvalue weighted by molar-refractivity contribution is 0.0696. The van der Waals surface area contributed by atoms with Crippen LogP contribution in [0.2, 0.25) is 0 Å². The van der Waals surface area contributed by atoms with Gasteiger partial charge in [0, 0.05) is 24.1 Å². The van der Waals surface area contributed by atoms with Crippen LogP contribution in [0.3, 0.4) is 0 Å². The SMILES string of the molecule is C[C@@H](NC[C@@H]1C[C@H](c2cccc(C(=O)O)c2)c2ccccc2O1)c1cccc2ccccc12. The largest absolute Gasteiger partial charge is 0.489 e. The fourth-order valence-corrected chi connectivity index (χ4v) is 4.87. The fourth-order valence-electron chi connectivity index (χ4n) is 4.87. The van der Waals surface area contributed by atoms with Crippen molar-refractivity contribution < 1.29 is 14.6 Å². The van der Waals surface area contributed by atoms with E-state index in [-0.39, 0.29) is 18.1 Å². The average Bonchev–Trinajstić information content (AvgIpc) is 2.86. The summed E-state index contributed by atoms with van der Waals surface area (Å²) in [7, 11) is 0. The summed E-state index contributed by atoms with van der Waals surface area (Å²) >= 11 is 0. The van der Waals surface area contributed by atoms with Gasteiger partial charge in [-0.05, 0) is 53.4 Å². The molecule has 0 aromatic heterocycles. The maximum Gasteiger partial charge on any atom is 0.335 e. The van der Waals surface area contributed by atoms with Gasteiger partial charge in [-0.15, -0.1) is 0 Å². The van der Waals surface area contributed by atoms with Crippen LogP contribution in [0.4, 0.5) is 0 Å². The minimum Gasteiger partial charge on any atom is -0.489 e. The maximum atomic E-state index is 11.5. The van der Waals surface area contributed by atoms with E-state index in [4.69, 9.17) is 4.74 Å². The highest BCUT2D eigenvalue weighted by Gasteiger charge is 2.30. The molecule has 0 spiro atoms. The molecule has 4 heteroatoms. The third-order valence-electron chi connectivity index (χ3n) is 6.56. The summed E-state index contributed by atoms with van der Waals surface area (Å²) in [5.74, 6) is 0.0623. The number of para-hydroxylation sites is 1. The molecule has 3 atom stereocenters. The summed E-state index contributed by atoms with van der Waals surface area (Å²) in [6, 6.07) is 30.4. The molecule has 166 valence electrons. The number of rotatable bonds is 6. The Kier molecular flexibility index (Phi) is 5.84. The lowest BCUT2D eigenvalue weighted by Gasteiger charge is -2.33. The summed E-state index contributed by atoms with van der Waals surface area (Å²) in [6.45, 7) is 2.89. The monoisotopic (exact) mass is 437 g/mol. The first-order valence-electron chi connectivity index (χ1n) is 11.4. The molecule has 0 amide bonds. The first kappa shape index (κ1) is 21.2. The summed E-state index contributed by atoms with van der Waals surface area (Å²) < 4.78 is 6.36. The van der Waals surface area contributed by atoms with Gasteiger partial charge >= 0.3 is 5.97 Å². The molecule has 5 rings (SSSR count). The van der Waals surface area contributed by atoms with Crippen molar-refractivity contribution in [2.75, 3.05) is 6.54 Å². The predicted octanol–water partition coefficient (Wildman–Crippen LogP) is 6.17. The van der Waals surface area contributed by atoms with Crippen LogP contribution in [0.15, 0.2) is 91.0 Å². The third kappa shape index (κ3) is 4.35. The van der Waals surface area contributed by atoms with Crippen LogP contribution >= 0.6 is 0 Å². The normalized spacial score (nSPS) is 18.3. The van der Waals surface area contributed by atoms with Gasteiger partial charge in [0.1, 0.15) is 11.9 Å². The second-order valence-electron chi connectivity index (χ2n) is 8.69. The number of fused-ring (bicyclic) bond motifs is 2. The molecule has 2 N–H and O–H groups in total. The highest BCUT2D eigenvalue weighted by molar-refractivity contribution is 5.88. The van der Waals surface area contributed by atoms with Gasteiger partial charge in [-0.2, -0.15) is 0 Å². The molecule has 0 saturated carbocycles. The van der Waals surface area contributed by atoms with E-state index in [2.05, 4.69) is 60.8 Å². The van der Waals surface area contributed by atoms with E-state index in [1.54, 1.807) is 12.1 Å². The lowest BCUT2D eigenvalue weighted by Crippen LogP contribution is -2.37. The zero-order valence-electron chi connectivity index (χ0n) is 18.6.